The molecule has 1 amide bonds. The van der Waals surface area contributed by atoms with Gasteiger partial charge in [-0.3, -0.25) is 9.69 Å². The topological polar surface area (TPSA) is 79.9 Å². The number of esters is 1. The van der Waals surface area contributed by atoms with Crippen molar-refractivity contribution in [2.45, 2.75) is 39.0 Å². The van der Waals surface area contributed by atoms with Crippen LogP contribution in [0.15, 0.2) is 0 Å². The molecule has 8 heteroatoms. The number of carbonyl (C=O) groups excluding carboxylic acids is 2. The molecule has 1 aliphatic heterocycles. The fraction of sp³-hybridized carbons (Fsp3) is 0.700. The van der Waals surface area contributed by atoms with Gasteiger partial charge in [-0.05, 0) is 51.3 Å². The lowest BCUT2D eigenvalue weighted by Crippen LogP contribution is -2.37. The Bertz CT molecular complexity index is 671. The monoisotopic (exact) mass is 409 g/mol. The Morgan fingerprint density at radius 2 is 2.04 bits per heavy atom. The number of thiophene rings is 1. The minimum Gasteiger partial charge on any atom is -0.462 e. The zero-order valence-electron chi connectivity index (χ0n) is 16.7. The Morgan fingerprint density at radius 1 is 1.21 bits per heavy atom. The van der Waals surface area contributed by atoms with Crippen LogP contribution in [-0.2, 0) is 27.1 Å². The van der Waals surface area contributed by atoms with Gasteiger partial charge in [0.15, 0.2) is 0 Å². The summed E-state index contributed by atoms with van der Waals surface area (Å²) in [6, 6.07) is 0. The summed E-state index contributed by atoms with van der Waals surface area (Å²) in [5.41, 5.74) is 1.64. The van der Waals surface area contributed by atoms with Crippen LogP contribution in [0.5, 0.6) is 0 Å². The van der Waals surface area contributed by atoms with Crippen LogP contribution in [0, 0.1) is 0 Å². The predicted octanol–water partition coefficient (Wildman–Crippen LogP) is 2.05. The van der Waals surface area contributed by atoms with Gasteiger partial charge in [0.1, 0.15) is 5.00 Å². The maximum atomic E-state index is 12.3. The van der Waals surface area contributed by atoms with E-state index in [4.69, 9.17) is 9.47 Å². The van der Waals surface area contributed by atoms with E-state index in [0.29, 0.717) is 30.1 Å². The maximum absolute atomic E-state index is 12.3. The van der Waals surface area contributed by atoms with Crippen molar-refractivity contribution in [3.8, 4) is 0 Å². The molecule has 0 saturated carbocycles. The molecule has 1 aromatic rings. The molecule has 2 heterocycles. The fourth-order valence-electron chi connectivity index (χ4n) is 3.68. The zero-order chi connectivity index (χ0) is 19.8. The standard InChI is InChI=1S/C20H31N3O4S/c1-2-27-20(25)18-15-5-3-6-16(15)28-19(18)22-17(24)7-9-21-8-4-10-23-11-13-26-14-12-23/h21H,2-14H2,1H3,(H,22,24). The van der Waals surface area contributed by atoms with E-state index in [1.807, 2.05) is 0 Å². The first kappa shape index (κ1) is 21.2. The van der Waals surface area contributed by atoms with Crippen molar-refractivity contribution in [1.82, 2.24) is 10.2 Å². The molecule has 7 nitrogen and oxygen atoms in total. The first-order valence-electron chi connectivity index (χ1n) is 10.3. The fourth-order valence-corrected chi connectivity index (χ4v) is 4.97. The highest BCUT2D eigenvalue weighted by Crippen LogP contribution is 2.39. The summed E-state index contributed by atoms with van der Waals surface area (Å²) in [6.45, 7) is 8.40. The van der Waals surface area contributed by atoms with E-state index in [1.54, 1.807) is 6.92 Å². The molecule has 0 bridgehead atoms. The van der Waals surface area contributed by atoms with E-state index in [-0.39, 0.29) is 11.9 Å². The van der Waals surface area contributed by atoms with Gasteiger partial charge >= 0.3 is 5.97 Å². The highest BCUT2D eigenvalue weighted by molar-refractivity contribution is 7.17. The van der Waals surface area contributed by atoms with Crippen LogP contribution < -0.4 is 10.6 Å². The maximum Gasteiger partial charge on any atom is 0.341 e. The summed E-state index contributed by atoms with van der Waals surface area (Å²) in [6.07, 6.45) is 4.39. The van der Waals surface area contributed by atoms with E-state index < -0.39 is 0 Å². The number of aryl methyl sites for hydroxylation is 1. The molecule has 0 radical (unpaired) electrons. The minimum atomic E-state index is -0.321. The van der Waals surface area contributed by atoms with E-state index in [2.05, 4.69) is 15.5 Å². The molecule has 2 aliphatic rings. The molecular weight excluding hydrogens is 378 g/mol. The summed E-state index contributed by atoms with van der Waals surface area (Å²) >= 11 is 1.53. The lowest BCUT2D eigenvalue weighted by Gasteiger charge is -2.26. The second kappa shape index (κ2) is 10.9. The van der Waals surface area contributed by atoms with Crippen molar-refractivity contribution in [3.63, 3.8) is 0 Å². The first-order valence-corrected chi connectivity index (χ1v) is 11.1. The van der Waals surface area contributed by atoms with Gasteiger partial charge in [-0.2, -0.15) is 0 Å². The third kappa shape index (κ3) is 5.76. The van der Waals surface area contributed by atoms with E-state index in [1.165, 1.54) is 16.2 Å². The van der Waals surface area contributed by atoms with Gasteiger partial charge in [0.25, 0.3) is 0 Å². The number of nitrogens with one attached hydrogen (secondary N) is 2. The second-order valence-electron chi connectivity index (χ2n) is 7.14. The molecule has 28 heavy (non-hydrogen) atoms. The molecule has 2 N–H and O–H groups in total. The van der Waals surface area contributed by atoms with Crippen LogP contribution in [0.3, 0.4) is 0 Å². The Balaban J connectivity index is 1.39. The van der Waals surface area contributed by atoms with Crippen molar-refractivity contribution < 1.29 is 19.1 Å². The summed E-state index contributed by atoms with van der Waals surface area (Å²) in [4.78, 5) is 28.3. The molecular formula is C20H31N3O4S. The summed E-state index contributed by atoms with van der Waals surface area (Å²) < 4.78 is 10.5. The molecule has 1 saturated heterocycles. The highest BCUT2D eigenvalue weighted by atomic mass is 32.1. The Morgan fingerprint density at radius 3 is 2.82 bits per heavy atom. The van der Waals surface area contributed by atoms with Gasteiger partial charge in [0.05, 0.1) is 25.4 Å². The van der Waals surface area contributed by atoms with Gasteiger partial charge in [-0.15, -0.1) is 11.3 Å². The number of hydrogen-bond acceptors (Lipinski definition) is 7. The van der Waals surface area contributed by atoms with Crippen LogP contribution in [0.2, 0.25) is 0 Å². The lowest BCUT2D eigenvalue weighted by molar-refractivity contribution is -0.116. The number of amides is 1. The molecule has 1 fully saturated rings. The normalized spacial score (nSPS) is 16.8. The predicted molar refractivity (Wildman–Crippen MR) is 110 cm³/mol. The first-order chi connectivity index (χ1) is 13.7. The van der Waals surface area contributed by atoms with Crippen molar-refractivity contribution in [2.24, 2.45) is 0 Å². The van der Waals surface area contributed by atoms with Gasteiger partial charge in [-0.1, -0.05) is 0 Å². The van der Waals surface area contributed by atoms with Gasteiger partial charge < -0.3 is 20.1 Å². The van der Waals surface area contributed by atoms with Crippen LogP contribution in [-0.4, -0.2) is 69.3 Å². The smallest absolute Gasteiger partial charge is 0.341 e. The number of hydrogen-bond donors (Lipinski definition) is 2. The van der Waals surface area contributed by atoms with Gasteiger partial charge in [0.2, 0.25) is 5.91 Å². The summed E-state index contributed by atoms with van der Waals surface area (Å²) in [7, 11) is 0. The van der Waals surface area contributed by atoms with E-state index in [0.717, 1.165) is 70.6 Å². The number of ether oxygens (including phenoxy) is 2. The van der Waals surface area contributed by atoms with Crippen LogP contribution >= 0.6 is 11.3 Å². The molecule has 0 spiro atoms. The lowest BCUT2D eigenvalue weighted by atomic mass is 10.1. The molecule has 0 aromatic carbocycles. The number of rotatable bonds is 10. The number of morpholine rings is 1. The quantitative estimate of drug-likeness (QED) is 0.455. The highest BCUT2D eigenvalue weighted by Gasteiger charge is 2.28. The summed E-state index contributed by atoms with van der Waals surface area (Å²) in [5.74, 6) is -0.385. The Labute approximate surface area is 170 Å². The third-order valence-corrected chi connectivity index (χ3v) is 6.32. The number of carbonyl (C=O) groups is 2. The average molecular weight is 410 g/mol. The number of anilines is 1. The largest absolute Gasteiger partial charge is 0.462 e. The molecule has 156 valence electrons. The Hall–Kier alpha value is -1.48. The second-order valence-corrected chi connectivity index (χ2v) is 8.24. The van der Waals surface area contributed by atoms with Gasteiger partial charge in [-0.25, -0.2) is 4.79 Å². The molecule has 0 atom stereocenters. The van der Waals surface area contributed by atoms with Crippen molar-refractivity contribution in [2.75, 3.05) is 57.9 Å². The Kier molecular flexibility index (Phi) is 8.27. The van der Waals surface area contributed by atoms with E-state index >= 15 is 0 Å². The molecule has 0 unspecified atom stereocenters. The van der Waals surface area contributed by atoms with Gasteiger partial charge in [0, 0.05) is 30.9 Å². The van der Waals surface area contributed by atoms with Crippen molar-refractivity contribution in [1.29, 1.82) is 0 Å². The minimum absolute atomic E-state index is 0.0637. The molecule has 3 rings (SSSR count). The SMILES string of the molecule is CCOC(=O)c1c(NC(=O)CCNCCCN2CCOCC2)sc2c1CCC2. The van der Waals surface area contributed by atoms with Crippen molar-refractivity contribution >= 4 is 28.2 Å². The van der Waals surface area contributed by atoms with Crippen LogP contribution in [0.4, 0.5) is 5.00 Å². The van der Waals surface area contributed by atoms with Crippen molar-refractivity contribution in [3.05, 3.63) is 16.0 Å². The van der Waals surface area contributed by atoms with Crippen LogP contribution in [0.1, 0.15) is 47.0 Å². The molecule has 1 aliphatic carbocycles. The number of fused-ring (bicyclic) bond motifs is 1. The third-order valence-electron chi connectivity index (χ3n) is 5.11. The average Bonchev–Trinajstić information content (AvgIpc) is 3.26. The number of nitrogens with zero attached hydrogens (tertiary/aromatic N) is 1. The van der Waals surface area contributed by atoms with Crippen LogP contribution in [0.25, 0.3) is 0 Å². The summed E-state index contributed by atoms with van der Waals surface area (Å²) in [5, 5.41) is 6.92. The zero-order valence-corrected chi connectivity index (χ0v) is 17.5. The van der Waals surface area contributed by atoms with E-state index in [9.17, 15) is 9.59 Å². The molecule has 1 aromatic heterocycles.